The van der Waals surface area contributed by atoms with Gasteiger partial charge in [-0.05, 0) is 31.2 Å². The van der Waals surface area contributed by atoms with Gasteiger partial charge in [-0.15, -0.1) is 0 Å². The summed E-state index contributed by atoms with van der Waals surface area (Å²) in [5.41, 5.74) is 0. The first-order valence-electron chi connectivity index (χ1n) is 7.71. The van der Waals surface area contributed by atoms with E-state index in [0.29, 0.717) is 48.8 Å². The molecule has 2 aromatic rings. The number of rotatable bonds is 10. The summed E-state index contributed by atoms with van der Waals surface area (Å²) in [4.78, 5) is 0. The van der Waals surface area contributed by atoms with Crippen LogP contribution in [0.1, 0.15) is 6.92 Å². The van der Waals surface area contributed by atoms with Crippen LogP contribution >= 0.6 is 23.2 Å². The van der Waals surface area contributed by atoms with E-state index in [4.69, 9.17) is 42.1 Å². The summed E-state index contributed by atoms with van der Waals surface area (Å²) in [6, 6.07) is 12.8. The molecule has 130 valence electrons. The quantitative estimate of drug-likeness (QED) is 0.559. The van der Waals surface area contributed by atoms with Gasteiger partial charge >= 0.3 is 0 Å². The van der Waals surface area contributed by atoms with Crippen LogP contribution in [0.25, 0.3) is 0 Å². The lowest BCUT2D eigenvalue weighted by Crippen LogP contribution is -2.12. The van der Waals surface area contributed by atoms with Gasteiger partial charge in [0.2, 0.25) is 0 Å². The summed E-state index contributed by atoms with van der Waals surface area (Å²) in [7, 11) is 0. The van der Waals surface area contributed by atoms with Crippen LogP contribution in [0.5, 0.6) is 17.2 Å². The Labute approximate surface area is 152 Å². The van der Waals surface area contributed by atoms with Crippen molar-refractivity contribution < 1.29 is 18.9 Å². The van der Waals surface area contributed by atoms with Gasteiger partial charge in [-0.25, -0.2) is 0 Å². The van der Waals surface area contributed by atoms with E-state index in [2.05, 4.69) is 0 Å². The lowest BCUT2D eigenvalue weighted by atomic mass is 10.3. The molecule has 0 saturated carbocycles. The maximum atomic E-state index is 6.03. The maximum Gasteiger partial charge on any atom is 0.139 e. The lowest BCUT2D eigenvalue weighted by Gasteiger charge is -2.10. The van der Waals surface area contributed by atoms with Crippen LogP contribution < -0.4 is 14.2 Å². The minimum atomic E-state index is 0.389. The first-order chi connectivity index (χ1) is 11.7. The normalized spacial score (nSPS) is 10.5. The van der Waals surface area contributed by atoms with Crippen molar-refractivity contribution in [2.45, 2.75) is 6.92 Å². The van der Waals surface area contributed by atoms with Gasteiger partial charge in [-0.2, -0.15) is 0 Å². The van der Waals surface area contributed by atoms with Crippen molar-refractivity contribution in [3.05, 3.63) is 52.5 Å². The maximum absolute atomic E-state index is 6.03. The molecule has 0 unspecified atom stereocenters. The Morgan fingerprint density at radius 3 is 2.21 bits per heavy atom. The number of hydrogen-bond acceptors (Lipinski definition) is 4. The highest BCUT2D eigenvalue weighted by atomic mass is 35.5. The third kappa shape index (κ3) is 6.11. The highest BCUT2D eigenvalue weighted by Gasteiger charge is 2.04. The highest BCUT2D eigenvalue weighted by Crippen LogP contribution is 2.31. The van der Waals surface area contributed by atoms with E-state index in [1.54, 1.807) is 18.2 Å². The average Bonchev–Trinajstić information content (AvgIpc) is 2.58. The summed E-state index contributed by atoms with van der Waals surface area (Å²) in [6.07, 6.45) is 0. The largest absolute Gasteiger partial charge is 0.494 e. The van der Waals surface area contributed by atoms with E-state index in [9.17, 15) is 0 Å². The van der Waals surface area contributed by atoms with Gasteiger partial charge in [0.05, 0.1) is 24.8 Å². The van der Waals surface area contributed by atoms with Gasteiger partial charge in [-0.1, -0.05) is 35.3 Å². The third-order valence-corrected chi connectivity index (χ3v) is 3.82. The monoisotopic (exact) mass is 370 g/mol. The lowest BCUT2D eigenvalue weighted by molar-refractivity contribution is 0.0764. The second-order valence-electron chi connectivity index (χ2n) is 4.77. The number of benzene rings is 2. The SMILES string of the molecule is CCOc1cccc(OCCOCCOc2cccc(Cl)c2Cl)c1. The van der Waals surface area contributed by atoms with E-state index in [0.717, 1.165) is 11.5 Å². The van der Waals surface area contributed by atoms with E-state index >= 15 is 0 Å². The predicted octanol–water partition coefficient (Wildman–Crippen LogP) is 4.87. The molecule has 0 fully saturated rings. The Hall–Kier alpha value is -1.62. The van der Waals surface area contributed by atoms with Crippen molar-refractivity contribution in [3.8, 4) is 17.2 Å². The average molecular weight is 371 g/mol. The van der Waals surface area contributed by atoms with Crippen LogP contribution in [-0.4, -0.2) is 33.0 Å². The standard InChI is InChI=1S/C18H20Cl2O4/c1-2-22-14-5-3-6-15(13-14)23-11-9-21-10-12-24-17-8-4-7-16(19)18(17)20/h3-8,13H,2,9-12H2,1H3. The molecule has 0 N–H and O–H groups in total. The summed E-state index contributed by atoms with van der Waals surface area (Å²) >= 11 is 11.9. The van der Waals surface area contributed by atoms with Gasteiger partial charge in [0, 0.05) is 6.07 Å². The Kier molecular flexibility index (Phi) is 8.02. The zero-order chi connectivity index (χ0) is 17.2. The van der Waals surface area contributed by atoms with Crippen molar-refractivity contribution in [3.63, 3.8) is 0 Å². The molecule has 4 nitrogen and oxygen atoms in total. The van der Waals surface area contributed by atoms with Crippen LogP contribution in [0.3, 0.4) is 0 Å². The number of ether oxygens (including phenoxy) is 4. The first kappa shape index (κ1) is 18.7. The van der Waals surface area contributed by atoms with Crippen LogP contribution in [0, 0.1) is 0 Å². The Morgan fingerprint density at radius 2 is 1.46 bits per heavy atom. The van der Waals surface area contributed by atoms with Crippen LogP contribution in [-0.2, 0) is 4.74 Å². The minimum absolute atomic E-state index is 0.389. The second-order valence-corrected chi connectivity index (χ2v) is 5.55. The Bertz CT molecular complexity index is 634. The molecule has 0 aliphatic heterocycles. The molecule has 0 atom stereocenters. The molecule has 0 aromatic heterocycles. The van der Waals surface area contributed by atoms with Crippen molar-refractivity contribution in [1.29, 1.82) is 0 Å². The molecule has 0 amide bonds. The van der Waals surface area contributed by atoms with Gasteiger partial charge in [0.15, 0.2) is 0 Å². The number of hydrogen-bond donors (Lipinski definition) is 0. The molecule has 0 saturated heterocycles. The van der Waals surface area contributed by atoms with Crippen molar-refractivity contribution in [1.82, 2.24) is 0 Å². The molecule has 0 aliphatic rings. The zero-order valence-electron chi connectivity index (χ0n) is 13.5. The van der Waals surface area contributed by atoms with Gasteiger partial charge < -0.3 is 18.9 Å². The summed E-state index contributed by atoms with van der Waals surface area (Å²) in [5.74, 6) is 2.10. The van der Waals surface area contributed by atoms with Crippen molar-refractivity contribution >= 4 is 23.2 Å². The molecule has 0 bridgehead atoms. The molecular formula is C18H20Cl2O4. The third-order valence-electron chi connectivity index (χ3n) is 3.01. The van der Waals surface area contributed by atoms with Crippen LogP contribution in [0.4, 0.5) is 0 Å². The van der Waals surface area contributed by atoms with E-state index in [1.165, 1.54) is 0 Å². The van der Waals surface area contributed by atoms with Crippen molar-refractivity contribution in [2.24, 2.45) is 0 Å². The fourth-order valence-corrected chi connectivity index (χ4v) is 2.29. The molecule has 0 spiro atoms. The van der Waals surface area contributed by atoms with E-state index in [-0.39, 0.29) is 0 Å². The van der Waals surface area contributed by atoms with Crippen molar-refractivity contribution in [2.75, 3.05) is 33.0 Å². The fraction of sp³-hybridized carbons (Fsp3) is 0.333. The van der Waals surface area contributed by atoms with E-state index < -0.39 is 0 Å². The first-order valence-corrected chi connectivity index (χ1v) is 8.46. The van der Waals surface area contributed by atoms with Gasteiger partial charge in [0.25, 0.3) is 0 Å². The molecule has 6 heteroatoms. The zero-order valence-corrected chi connectivity index (χ0v) is 15.0. The molecule has 0 aliphatic carbocycles. The highest BCUT2D eigenvalue weighted by molar-refractivity contribution is 6.42. The van der Waals surface area contributed by atoms with Gasteiger partial charge in [-0.3, -0.25) is 0 Å². The molecule has 0 radical (unpaired) electrons. The molecular weight excluding hydrogens is 351 g/mol. The summed E-state index contributed by atoms with van der Waals surface area (Å²) in [6.45, 7) is 4.31. The molecule has 2 rings (SSSR count). The Balaban J connectivity index is 1.60. The topological polar surface area (TPSA) is 36.9 Å². The number of halogens is 2. The second kappa shape index (κ2) is 10.3. The molecule has 24 heavy (non-hydrogen) atoms. The molecule has 2 aromatic carbocycles. The summed E-state index contributed by atoms with van der Waals surface area (Å²) < 4.78 is 22.0. The van der Waals surface area contributed by atoms with Gasteiger partial charge in [0.1, 0.15) is 35.5 Å². The predicted molar refractivity (Wildman–Crippen MR) is 95.9 cm³/mol. The van der Waals surface area contributed by atoms with E-state index in [1.807, 2.05) is 31.2 Å². The van der Waals surface area contributed by atoms with Crippen LogP contribution in [0.15, 0.2) is 42.5 Å². The fourth-order valence-electron chi connectivity index (χ4n) is 1.95. The molecule has 0 heterocycles. The smallest absolute Gasteiger partial charge is 0.139 e. The van der Waals surface area contributed by atoms with Crippen LogP contribution in [0.2, 0.25) is 10.0 Å². The minimum Gasteiger partial charge on any atom is -0.494 e. The summed E-state index contributed by atoms with van der Waals surface area (Å²) in [5, 5.41) is 0.884. The Morgan fingerprint density at radius 1 is 0.792 bits per heavy atom.